The lowest BCUT2D eigenvalue weighted by Gasteiger charge is -2.27. The van der Waals surface area contributed by atoms with E-state index in [1.165, 1.54) is 12.1 Å². The van der Waals surface area contributed by atoms with Crippen molar-refractivity contribution in [2.75, 3.05) is 4.90 Å². The van der Waals surface area contributed by atoms with E-state index in [0.717, 1.165) is 27.8 Å². The summed E-state index contributed by atoms with van der Waals surface area (Å²) in [4.78, 5) is 18.0. The maximum absolute atomic E-state index is 13.6. The minimum absolute atomic E-state index is 0.00413. The quantitative estimate of drug-likeness (QED) is 0.748. The third-order valence-corrected chi connectivity index (χ3v) is 4.23. The van der Waals surface area contributed by atoms with E-state index in [0.29, 0.717) is 0 Å². The summed E-state index contributed by atoms with van der Waals surface area (Å²) in [7, 11) is 0. The number of carbonyl (C=O) groups is 1. The molecule has 0 fully saturated rings. The molecule has 0 saturated carbocycles. The van der Waals surface area contributed by atoms with Crippen LogP contribution in [0, 0.1) is 12.7 Å². The summed E-state index contributed by atoms with van der Waals surface area (Å²) in [6.45, 7) is 5.90. The largest absolute Gasteiger partial charge is 0.358 e. The molecular formula is C20H21FN2O. The Morgan fingerprint density at radius 3 is 2.54 bits per heavy atom. The second kappa shape index (κ2) is 6.48. The molecule has 0 radical (unpaired) electrons. The lowest BCUT2D eigenvalue weighted by Crippen LogP contribution is -2.38. The summed E-state index contributed by atoms with van der Waals surface area (Å²) < 4.78 is 13.6. The van der Waals surface area contributed by atoms with Gasteiger partial charge in [0.1, 0.15) is 5.82 Å². The SMILES string of the molecule is Cc1[nH]c2ccc(F)cc2c1CC(=O)N(c1ccccc1)C(C)C. The van der Waals surface area contributed by atoms with Crippen LogP contribution in [-0.2, 0) is 11.2 Å². The van der Waals surface area contributed by atoms with Crippen molar-refractivity contribution in [3.05, 3.63) is 65.6 Å². The van der Waals surface area contributed by atoms with Gasteiger partial charge in [-0.1, -0.05) is 18.2 Å². The maximum atomic E-state index is 13.6. The van der Waals surface area contributed by atoms with Crippen LogP contribution in [0.15, 0.2) is 48.5 Å². The van der Waals surface area contributed by atoms with Gasteiger partial charge in [-0.15, -0.1) is 0 Å². The first-order chi connectivity index (χ1) is 11.5. The summed E-state index contributed by atoms with van der Waals surface area (Å²) in [5.74, 6) is -0.288. The van der Waals surface area contributed by atoms with Crippen molar-refractivity contribution in [3.63, 3.8) is 0 Å². The van der Waals surface area contributed by atoms with E-state index in [1.54, 1.807) is 11.0 Å². The van der Waals surface area contributed by atoms with Gasteiger partial charge in [0.2, 0.25) is 5.91 Å². The van der Waals surface area contributed by atoms with Crippen LogP contribution in [0.5, 0.6) is 0 Å². The van der Waals surface area contributed by atoms with Gasteiger partial charge in [0.25, 0.3) is 0 Å². The Kier molecular flexibility index (Phi) is 4.38. The third kappa shape index (κ3) is 3.04. The Morgan fingerprint density at radius 1 is 1.17 bits per heavy atom. The number of fused-ring (bicyclic) bond motifs is 1. The fraction of sp³-hybridized carbons (Fsp3) is 0.250. The Hall–Kier alpha value is -2.62. The molecule has 1 N–H and O–H groups in total. The second-order valence-corrected chi connectivity index (χ2v) is 6.29. The van der Waals surface area contributed by atoms with E-state index < -0.39 is 0 Å². The molecule has 0 aliphatic heterocycles. The van der Waals surface area contributed by atoms with Crippen molar-refractivity contribution in [3.8, 4) is 0 Å². The minimum Gasteiger partial charge on any atom is -0.358 e. The van der Waals surface area contributed by atoms with Crippen LogP contribution in [0.1, 0.15) is 25.1 Å². The standard InChI is InChI=1S/C20H21FN2O/c1-13(2)23(16-7-5-4-6-8-16)20(24)12-17-14(3)22-19-10-9-15(21)11-18(17)19/h4-11,13,22H,12H2,1-3H3. The number of anilines is 1. The summed E-state index contributed by atoms with van der Waals surface area (Å²) in [5, 5.41) is 0.776. The highest BCUT2D eigenvalue weighted by atomic mass is 19.1. The number of amides is 1. The zero-order valence-corrected chi connectivity index (χ0v) is 14.1. The monoisotopic (exact) mass is 324 g/mol. The number of halogens is 1. The molecule has 3 nitrogen and oxygen atoms in total. The lowest BCUT2D eigenvalue weighted by atomic mass is 10.1. The topological polar surface area (TPSA) is 36.1 Å². The number of aromatic nitrogens is 1. The molecule has 2 aromatic carbocycles. The van der Waals surface area contributed by atoms with Crippen LogP contribution < -0.4 is 4.90 Å². The Balaban J connectivity index is 1.96. The van der Waals surface area contributed by atoms with Gasteiger partial charge < -0.3 is 9.88 Å². The van der Waals surface area contributed by atoms with E-state index in [1.807, 2.05) is 51.1 Å². The van der Waals surface area contributed by atoms with Gasteiger partial charge in [-0.2, -0.15) is 0 Å². The van der Waals surface area contributed by atoms with Crippen LogP contribution in [0.2, 0.25) is 0 Å². The first-order valence-corrected chi connectivity index (χ1v) is 8.11. The lowest BCUT2D eigenvalue weighted by molar-refractivity contribution is -0.118. The first-order valence-electron chi connectivity index (χ1n) is 8.11. The normalized spacial score (nSPS) is 11.2. The Bertz CT molecular complexity index is 868. The molecule has 4 heteroatoms. The molecule has 3 aromatic rings. The van der Waals surface area contributed by atoms with Crippen LogP contribution in [-0.4, -0.2) is 16.9 Å². The molecule has 0 spiro atoms. The van der Waals surface area contributed by atoms with E-state index >= 15 is 0 Å². The fourth-order valence-electron chi connectivity index (χ4n) is 3.14. The number of nitrogens with one attached hydrogen (secondary N) is 1. The molecule has 0 saturated heterocycles. The van der Waals surface area contributed by atoms with Crippen LogP contribution in [0.4, 0.5) is 10.1 Å². The van der Waals surface area contributed by atoms with Gasteiger partial charge >= 0.3 is 0 Å². The number of benzene rings is 2. The van der Waals surface area contributed by atoms with Crippen molar-refractivity contribution in [2.45, 2.75) is 33.2 Å². The average Bonchev–Trinajstić information content (AvgIpc) is 2.84. The molecule has 1 heterocycles. The minimum atomic E-state index is -0.293. The van der Waals surface area contributed by atoms with E-state index in [2.05, 4.69) is 4.98 Å². The highest BCUT2D eigenvalue weighted by Crippen LogP contribution is 2.25. The molecule has 1 aromatic heterocycles. The highest BCUT2D eigenvalue weighted by molar-refractivity contribution is 5.98. The molecule has 1 amide bonds. The van der Waals surface area contributed by atoms with Gasteiger partial charge in [-0.3, -0.25) is 4.79 Å². The second-order valence-electron chi connectivity index (χ2n) is 6.29. The predicted molar refractivity (Wildman–Crippen MR) is 95.8 cm³/mol. The number of carbonyl (C=O) groups excluding carboxylic acids is 1. The molecule has 24 heavy (non-hydrogen) atoms. The number of rotatable bonds is 4. The number of nitrogens with zero attached hydrogens (tertiary/aromatic N) is 1. The molecular weight excluding hydrogens is 303 g/mol. The highest BCUT2D eigenvalue weighted by Gasteiger charge is 2.21. The first kappa shape index (κ1) is 16.2. The number of hydrogen-bond donors (Lipinski definition) is 1. The average molecular weight is 324 g/mol. The van der Waals surface area contributed by atoms with E-state index in [4.69, 9.17) is 0 Å². The predicted octanol–water partition coefficient (Wildman–Crippen LogP) is 4.60. The van der Waals surface area contributed by atoms with E-state index in [9.17, 15) is 9.18 Å². The third-order valence-electron chi connectivity index (χ3n) is 4.23. The van der Waals surface area contributed by atoms with Crippen molar-refractivity contribution < 1.29 is 9.18 Å². The van der Waals surface area contributed by atoms with Crippen molar-refractivity contribution in [1.82, 2.24) is 4.98 Å². The number of H-pyrrole nitrogens is 1. The van der Waals surface area contributed by atoms with Crippen LogP contribution in [0.25, 0.3) is 10.9 Å². The van der Waals surface area contributed by atoms with Gasteiger partial charge in [0, 0.05) is 28.3 Å². The van der Waals surface area contributed by atoms with Gasteiger partial charge in [0.05, 0.1) is 6.42 Å². The van der Waals surface area contributed by atoms with Crippen molar-refractivity contribution >= 4 is 22.5 Å². The zero-order chi connectivity index (χ0) is 17.3. The maximum Gasteiger partial charge on any atom is 0.231 e. The zero-order valence-electron chi connectivity index (χ0n) is 14.1. The van der Waals surface area contributed by atoms with Crippen LogP contribution >= 0.6 is 0 Å². The molecule has 0 aliphatic rings. The van der Waals surface area contributed by atoms with Gasteiger partial charge in [-0.05, 0) is 56.7 Å². The number of hydrogen-bond acceptors (Lipinski definition) is 1. The van der Waals surface area contributed by atoms with Gasteiger partial charge in [0.15, 0.2) is 0 Å². The fourth-order valence-corrected chi connectivity index (χ4v) is 3.14. The number of para-hydroxylation sites is 1. The Labute approximate surface area is 141 Å². The van der Waals surface area contributed by atoms with E-state index in [-0.39, 0.29) is 24.2 Å². The summed E-state index contributed by atoms with van der Waals surface area (Å²) in [6.07, 6.45) is 0.238. The molecule has 0 unspecified atom stereocenters. The summed E-state index contributed by atoms with van der Waals surface area (Å²) in [6, 6.07) is 14.3. The van der Waals surface area contributed by atoms with Crippen molar-refractivity contribution in [2.24, 2.45) is 0 Å². The smallest absolute Gasteiger partial charge is 0.231 e. The molecule has 124 valence electrons. The number of aromatic amines is 1. The molecule has 0 atom stereocenters. The molecule has 0 bridgehead atoms. The molecule has 3 rings (SSSR count). The van der Waals surface area contributed by atoms with Crippen molar-refractivity contribution in [1.29, 1.82) is 0 Å². The summed E-state index contributed by atoms with van der Waals surface area (Å²) in [5.41, 5.74) is 3.49. The van der Waals surface area contributed by atoms with Crippen LogP contribution in [0.3, 0.4) is 0 Å². The number of aryl methyl sites for hydroxylation is 1. The molecule has 0 aliphatic carbocycles. The summed E-state index contributed by atoms with van der Waals surface area (Å²) >= 11 is 0. The van der Waals surface area contributed by atoms with Gasteiger partial charge in [-0.25, -0.2) is 4.39 Å². The Morgan fingerprint density at radius 2 is 1.88 bits per heavy atom.